The van der Waals surface area contributed by atoms with E-state index in [0.29, 0.717) is 5.88 Å². The molecule has 0 aliphatic rings. The highest BCUT2D eigenvalue weighted by molar-refractivity contribution is 9.10. The molecule has 0 amide bonds. The van der Waals surface area contributed by atoms with Crippen molar-refractivity contribution in [2.24, 2.45) is 0 Å². The number of thiophene rings is 1. The Kier molecular flexibility index (Phi) is 2.63. The van der Waals surface area contributed by atoms with Crippen LogP contribution in [-0.4, -0.2) is 0 Å². The van der Waals surface area contributed by atoms with E-state index in [1.165, 1.54) is 20.5 Å². The molecule has 2 aromatic rings. The van der Waals surface area contributed by atoms with Gasteiger partial charge in [-0.1, -0.05) is 22.0 Å². The van der Waals surface area contributed by atoms with Gasteiger partial charge in [0.25, 0.3) is 0 Å². The molecule has 13 heavy (non-hydrogen) atoms. The second kappa shape index (κ2) is 3.60. The summed E-state index contributed by atoms with van der Waals surface area (Å²) < 4.78 is 2.45. The zero-order chi connectivity index (χ0) is 9.42. The molecule has 0 spiro atoms. The van der Waals surface area contributed by atoms with Crippen LogP contribution in [0.2, 0.25) is 0 Å². The van der Waals surface area contributed by atoms with Gasteiger partial charge in [0.1, 0.15) is 0 Å². The van der Waals surface area contributed by atoms with Crippen LogP contribution in [0.5, 0.6) is 0 Å². The Hall–Kier alpha value is -0.0500. The van der Waals surface area contributed by atoms with Crippen LogP contribution in [0.3, 0.4) is 0 Å². The van der Waals surface area contributed by atoms with Gasteiger partial charge in [-0.15, -0.1) is 22.9 Å². The summed E-state index contributed by atoms with van der Waals surface area (Å²) in [5, 5.41) is 1.28. The predicted molar refractivity (Wildman–Crippen MR) is 63.8 cm³/mol. The van der Waals surface area contributed by atoms with Crippen LogP contribution in [-0.2, 0) is 5.88 Å². The van der Waals surface area contributed by atoms with Crippen molar-refractivity contribution >= 4 is 49.0 Å². The number of benzene rings is 1. The van der Waals surface area contributed by atoms with E-state index in [9.17, 15) is 0 Å². The van der Waals surface area contributed by atoms with Gasteiger partial charge in [0, 0.05) is 25.3 Å². The number of fused-ring (bicyclic) bond motifs is 1. The van der Waals surface area contributed by atoms with E-state index in [4.69, 9.17) is 11.6 Å². The third kappa shape index (κ3) is 1.51. The van der Waals surface area contributed by atoms with E-state index in [-0.39, 0.29) is 0 Å². The van der Waals surface area contributed by atoms with Gasteiger partial charge in [0.15, 0.2) is 0 Å². The highest BCUT2D eigenvalue weighted by atomic mass is 79.9. The summed E-state index contributed by atoms with van der Waals surface area (Å²) in [7, 11) is 0. The third-order valence-electron chi connectivity index (χ3n) is 2.10. The van der Waals surface area contributed by atoms with Gasteiger partial charge in [0.05, 0.1) is 0 Å². The minimum atomic E-state index is 0.592. The molecule has 0 bridgehead atoms. The highest BCUT2D eigenvalue weighted by Crippen LogP contribution is 2.36. The van der Waals surface area contributed by atoms with Gasteiger partial charge in [-0.3, -0.25) is 0 Å². The van der Waals surface area contributed by atoms with Crippen molar-refractivity contribution in [3.05, 3.63) is 33.1 Å². The van der Waals surface area contributed by atoms with Crippen molar-refractivity contribution in [2.75, 3.05) is 0 Å². The molecule has 0 saturated heterocycles. The van der Waals surface area contributed by atoms with Crippen LogP contribution in [0.1, 0.15) is 10.4 Å². The van der Waals surface area contributed by atoms with E-state index in [1.807, 2.05) is 0 Å². The summed E-state index contributed by atoms with van der Waals surface area (Å²) in [5.74, 6) is 0.592. The third-order valence-corrected chi connectivity index (χ3v) is 4.14. The molecular weight excluding hydrogens is 268 g/mol. The lowest BCUT2D eigenvalue weighted by molar-refractivity contribution is 1.40. The topological polar surface area (TPSA) is 0 Å². The Morgan fingerprint density at radius 1 is 1.46 bits per heavy atom. The first-order valence-corrected chi connectivity index (χ1v) is 6.11. The first kappa shape index (κ1) is 9.50. The normalized spacial score (nSPS) is 11.0. The summed E-state index contributed by atoms with van der Waals surface area (Å²) in [5.41, 5.74) is 1.26. The van der Waals surface area contributed by atoms with Crippen LogP contribution in [0.15, 0.2) is 22.7 Å². The monoisotopic (exact) mass is 274 g/mol. The van der Waals surface area contributed by atoms with Crippen molar-refractivity contribution in [1.82, 2.24) is 0 Å². The average molecular weight is 276 g/mol. The van der Waals surface area contributed by atoms with Crippen molar-refractivity contribution in [2.45, 2.75) is 12.8 Å². The van der Waals surface area contributed by atoms with E-state index < -0.39 is 0 Å². The SMILES string of the molecule is Cc1sc2cccc(Br)c2c1CCl. The standard InChI is InChI=1S/C10H8BrClS/c1-6-7(5-12)10-8(11)3-2-4-9(10)13-6/h2-4H,5H2,1H3. The minimum Gasteiger partial charge on any atom is -0.140 e. The minimum absolute atomic E-state index is 0.592. The molecule has 0 fully saturated rings. The smallest absolute Gasteiger partial charge is 0.0491 e. The maximum Gasteiger partial charge on any atom is 0.0491 e. The summed E-state index contributed by atoms with van der Waals surface area (Å²) in [6.45, 7) is 2.12. The molecule has 0 aliphatic carbocycles. The molecule has 0 atom stereocenters. The molecule has 0 saturated carbocycles. The summed E-state index contributed by atoms with van der Waals surface area (Å²) >= 11 is 11.3. The summed E-state index contributed by atoms with van der Waals surface area (Å²) in [6, 6.07) is 6.25. The lowest BCUT2D eigenvalue weighted by Gasteiger charge is -1.97. The molecule has 2 rings (SSSR count). The summed E-state index contributed by atoms with van der Waals surface area (Å²) in [4.78, 5) is 1.32. The van der Waals surface area contributed by atoms with E-state index in [0.717, 1.165) is 4.47 Å². The van der Waals surface area contributed by atoms with Crippen molar-refractivity contribution in [3.8, 4) is 0 Å². The van der Waals surface area contributed by atoms with Gasteiger partial charge in [-0.2, -0.15) is 0 Å². The van der Waals surface area contributed by atoms with Gasteiger partial charge in [-0.05, 0) is 24.6 Å². The van der Waals surface area contributed by atoms with Crippen molar-refractivity contribution in [3.63, 3.8) is 0 Å². The number of aryl methyl sites for hydroxylation is 1. The highest BCUT2D eigenvalue weighted by Gasteiger charge is 2.09. The Bertz CT molecular complexity index is 447. The predicted octanol–water partition coefficient (Wildman–Crippen LogP) is 4.71. The molecule has 0 aliphatic heterocycles. The molecule has 0 radical (unpaired) electrons. The number of hydrogen-bond donors (Lipinski definition) is 0. The summed E-state index contributed by atoms with van der Waals surface area (Å²) in [6.07, 6.45) is 0. The number of rotatable bonds is 1. The quantitative estimate of drug-likeness (QED) is 0.661. The van der Waals surface area contributed by atoms with Gasteiger partial charge in [-0.25, -0.2) is 0 Å². The maximum absolute atomic E-state index is 5.91. The first-order valence-electron chi connectivity index (χ1n) is 3.96. The number of hydrogen-bond acceptors (Lipinski definition) is 1. The lowest BCUT2D eigenvalue weighted by atomic mass is 10.1. The van der Waals surface area contributed by atoms with Crippen LogP contribution < -0.4 is 0 Å². The van der Waals surface area contributed by atoms with Crippen molar-refractivity contribution < 1.29 is 0 Å². The largest absolute Gasteiger partial charge is 0.140 e. The Labute approximate surface area is 94.7 Å². The van der Waals surface area contributed by atoms with Gasteiger partial charge >= 0.3 is 0 Å². The fourth-order valence-electron chi connectivity index (χ4n) is 1.45. The first-order chi connectivity index (χ1) is 6.24. The number of alkyl halides is 1. The average Bonchev–Trinajstić information content (AvgIpc) is 2.42. The Morgan fingerprint density at radius 3 is 2.92 bits per heavy atom. The maximum atomic E-state index is 5.91. The van der Waals surface area contributed by atoms with E-state index in [1.54, 1.807) is 11.3 Å². The molecule has 1 aromatic carbocycles. The Morgan fingerprint density at radius 2 is 2.23 bits per heavy atom. The molecule has 0 N–H and O–H groups in total. The molecule has 0 nitrogen and oxygen atoms in total. The van der Waals surface area contributed by atoms with Crippen LogP contribution in [0, 0.1) is 6.92 Å². The van der Waals surface area contributed by atoms with Crippen LogP contribution in [0.25, 0.3) is 10.1 Å². The van der Waals surface area contributed by atoms with Crippen LogP contribution >= 0.6 is 38.9 Å². The zero-order valence-corrected chi connectivity index (χ0v) is 10.3. The fraction of sp³-hybridized carbons (Fsp3) is 0.200. The van der Waals surface area contributed by atoms with E-state index in [2.05, 4.69) is 41.1 Å². The zero-order valence-electron chi connectivity index (χ0n) is 7.10. The second-order valence-corrected chi connectivity index (χ2v) is 5.26. The van der Waals surface area contributed by atoms with Gasteiger partial charge in [0.2, 0.25) is 0 Å². The molecule has 68 valence electrons. The molecule has 1 heterocycles. The lowest BCUT2D eigenvalue weighted by Crippen LogP contribution is -1.78. The van der Waals surface area contributed by atoms with E-state index >= 15 is 0 Å². The van der Waals surface area contributed by atoms with Crippen molar-refractivity contribution in [1.29, 1.82) is 0 Å². The molecule has 3 heteroatoms. The molecule has 0 unspecified atom stereocenters. The molecule has 1 aromatic heterocycles. The fourth-order valence-corrected chi connectivity index (χ4v) is 3.70. The van der Waals surface area contributed by atoms with Gasteiger partial charge < -0.3 is 0 Å². The second-order valence-electron chi connectivity index (χ2n) is 2.88. The Balaban J connectivity index is 2.88. The molecular formula is C10H8BrClS. The van der Waals surface area contributed by atoms with Crippen LogP contribution in [0.4, 0.5) is 0 Å². The number of halogens is 2.